The molecule has 5 unspecified atom stereocenters. The van der Waals surface area contributed by atoms with Gasteiger partial charge in [-0.1, -0.05) is 170 Å². The van der Waals surface area contributed by atoms with E-state index in [4.69, 9.17) is 47.4 Å². The molecule has 390 valence electrons. The molecule has 13 nitrogen and oxygen atoms in total. The summed E-state index contributed by atoms with van der Waals surface area (Å²) in [7, 11) is 0. The van der Waals surface area contributed by atoms with Gasteiger partial charge in [0.2, 0.25) is 0 Å². The molecule has 0 fully saturated rings. The van der Waals surface area contributed by atoms with Gasteiger partial charge in [-0.25, -0.2) is 0 Å². The lowest BCUT2D eigenvalue weighted by Crippen LogP contribution is -2.40. The minimum Gasteiger partial charge on any atom is -0.376 e. The highest BCUT2D eigenvalue weighted by atomic mass is 16.6. The van der Waals surface area contributed by atoms with Crippen LogP contribution in [0.2, 0.25) is 0 Å². The molecule has 6 aromatic carbocycles. The van der Waals surface area contributed by atoms with Crippen molar-refractivity contribution in [3.8, 4) is 0 Å². The van der Waals surface area contributed by atoms with Crippen molar-refractivity contribution in [1.82, 2.24) is 4.90 Å². The Bertz CT molecular complexity index is 2450. The van der Waals surface area contributed by atoms with Crippen LogP contribution >= 0.6 is 0 Å². The highest BCUT2D eigenvalue weighted by Crippen LogP contribution is 2.23. The Morgan fingerprint density at radius 1 is 0.338 bits per heavy atom. The van der Waals surface area contributed by atoms with Crippen LogP contribution in [0.1, 0.15) is 48.5 Å². The molecule has 0 aliphatic carbocycles. The highest BCUT2D eigenvalue weighted by molar-refractivity contribution is 6.21. The zero-order chi connectivity index (χ0) is 51.3. The van der Waals surface area contributed by atoms with E-state index in [1.165, 1.54) is 4.90 Å². The minimum absolute atomic E-state index is 0.0185. The lowest BCUT2D eigenvalue weighted by atomic mass is 10.1. The average molecular weight is 1010 g/mol. The van der Waals surface area contributed by atoms with Crippen molar-refractivity contribution in [3.05, 3.63) is 228 Å². The molecule has 5 atom stereocenters. The Labute approximate surface area is 435 Å². The summed E-state index contributed by atoms with van der Waals surface area (Å²) in [5, 5.41) is 0. The number of imide groups is 1. The molecule has 0 saturated carbocycles. The molecular formula is C61H69NO12. The third-order valence-electron chi connectivity index (χ3n) is 11.9. The van der Waals surface area contributed by atoms with E-state index in [2.05, 4.69) is 6.58 Å². The smallest absolute Gasteiger partial charge is 0.261 e. The van der Waals surface area contributed by atoms with Gasteiger partial charge in [-0.15, -0.1) is 6.58 Å². The van der Waals surface area contributed by atoms with Crippen LogP contribution in [-0.4, -0.2) is 120 Å². The molecule has 74 heavy (non-hydrogen) atoms. The number of rotatable bonds is 37. The van der Waals surface area contributed by atoms with E-state index in [1.807, 2.05) is 152 Å². The van der Waals surface area contributed by atoms with Crippen molar-refractivity contribution >= 4 is 11.8 Å². The molecule has 1 heterocycles. The normalized spacial score (nSPS) is 14.4. The summed E-state index contributed by atoms with van der Waals surface area (Å²) in [4.78, 5) is 28.0. The van der Waals surface area contributed by atoms with Crippen molar-refractivity contribution < 1.29 is 57.0 Å². The predicted molar refractivity (Wildman–Crippen MR) is 281 cm³/mol. The summed E-state index contributed by atoms with van der Waals surface area (Å²) >= 11 is 0. The van der Waals surface area contributed by atoms with Gasteiger partial charge in [0.25, 0.3) is 11.8 Å². The van der Waals surface area contributed by atoms with Crippen LogP contribution in [0.25, 0.3) is 0 Å². The molecule has 0 bridgehead atoms. The van der Waals surface area contributed by atoms with Crippen molar-refractivity contribution in [2.75, 3.05) is 72.6 Å². The van der Waals surface area contributed by atoms with E-state index in [1.54, 1.807) is 30.3 Å². The first-order valence-corrected chi connectivity index (χ1v) is 25.2. The maximum atomic E-state index is 13.4. The van der Waals surface area contributed by atoms with Crippen LogP contribution in [0, 0.1) is 0 Å². The van der Waals surface area contributed by atoms with Crippen LogP contribution in [0.5, 0.6) is 0 Å². The molecule has 2 amide bonds. The van der Waals surface area contributed by atoms with Crippen LogP contribution in [0.4, 0.5) is 0 Å². The number of benzene rings is 6. The van der Waals surface area contributed by atoms with E-state index < -0.39 is 24.4 Å². The number of hydrogen-bond donors (Lipinski definition) is 0. The summed E-state index contributed by atoms with van der Waals surface area (Å²) in [5.41, 5.74) is 5.81. The lowest BCUT2D eigenvalue weighted by molar-refractivity contribution is -0.124. The first-order chi connectivity index (χ1) is 36.5. The SMILES string of the molecule is C=CCOCC(COCC(COCC(COCC(COCC(CN1C(=O)c2ccccc2C1=O)OCc1ccccc1)OCc1ccccc1)OCc1ccccc1)OCc1ccccc1)OCc1ccccc1. The van der Waals surface area contributed by atoms with Gasteiger partial charge in [0.1, 0.15) is 24.4 Å². The zero-order valence-corrected chi connectivity index (χ0v) is 42.1. The topological polar surface area (TPSA) is 130 Å². The fourth-order valence-corrected chi connectivity index (χ4v) is 7.89. The van der Waals surface area contributed by atoms with E-state index in [9.17, 15) is 9.59 Å². The fraction of sp³-hybridized carbons (Fsp3) is 0.344. The Morgan fingerprint density at radius 2 is 0.581 bits per heavy atom. The van der Waals surface area contributed by atoms with Crippen LogP contribution in [0.15, 0.2) is 189 Å². The van der Waals surface area contributed by atoms with Gasteiger partial charge in [0.15, 0.2) is 0 Å². The summed E-state index contributed by atoms with van der Waals surface area (Å²) in [5.74, 6) is -0.709. The molecule has 0 spiro atoms. The quantitative estimate of drug-likeness (QED) is 0.0209. The number of carbonyl (C=O) groups excluding carboxylic acids is 2. The second-order valence-corrected chi connectivity index (χ2v) is 17.8. The van der Waals surface area contributed by atoms with Gasteiger partial charge < -0.3 is 47.4 Å². The maximum Gasteiger partial charge on any atom is 0.261 e. The molecule has 1 aliphatic rings. The van der Waals surface area contributed by atoms with Gasteiger partial charge in [-0.05, 0) is 39.9 Å². The third-order valence-corrected chi connectivity index (χ3v) is 11.9. The molecule has 13 heteroatoms. The number of carbonyl (C=O) groups is 2. The Balaban J connectivity index is 0.966. The molecule has 0 saturated heterocycles. The summed E-state index contributed by atoms with van der Waals surface area (Å²) in [6.45, 7) is 7.85. The standard InChI is InChI=1S/C61H69NO12/c1-2-32-65-40-54(71-35-49-22-10-4-11-23-49)41-67-44-56(73-37-51-26-14-6-15-27-51)45-69-47-57(74-38-52-28-16-7-17-29-52)46-68-43-55(72-36-50-24-12-5-13-25-50)42-66-39-53(70-34-48-20-8-3-9-21-48)33-62-60(63)58-30-18-19-31-59(58)61(62)64/h2-31,53-57H,1,32-47H2. The molecule has 1 aliphatic heterocycles. The van der Waals surface area contributed by atoms with Gasteiger partial charge in [-0.3, -0.25) is 14.5 Å². The Kier molecular flexibility index (Phi) is 24.2. The average Bonchev–Trinajstić information content (AvgIpc) is 3.69. The van der Waals surface area contributed by atoms with E-state index in [0.29, 0.717) is 50.8 Å². The van der Waals surface area contributed by atoms with Crippen molar-refractivity contribution in [3.63, 3.8) is 0 Å². The van der Waals surface area contributed by atoms with Gasteiger partial charge >= 0.3 is 0 Å². The fourth-order valence-electron chi connectivity index (χ4n) is 7.89. The first-order valence-electron chi connectivity index (χ1n) is 25.2. The monoisotopic (exact) mass is 1010 g/mol. The molecule has 7 rings (SSSR count). The highest BCUT2D eigenvalue weighted by Gasteiger charge is 2.37. The van der Waals surface area contributed by atoms with Crippen LogP contribution in [0.3, 0.4) is 0 Å². The zero-order valence-electron chi connectivity index (χ0n) is 42.1. The lowest BCUT2D eigenvalue weighted by Gasteiger charge is -2.25. The van der Waals surface area contributed by atoms with E-state index in [0.717, 1.165) is 27.8 Å². The molecule has 0 radical (unpaired) electrons. The Hall–Kier alpha value is -6.20. The summed E-state index contributed by atoms with van der Waals surface area (Å²) < 4.78 is 62.9. The Morgan fingerprint density at radius 3 is 0.865 bits per heavy atom. The number of nitrogens with zero attached hydrogens (tertiary/aromatic N) is 1. The number of amides is 2. The minimum atomic E-state index is -0.627. The van der Waals surface area contributed by atoms with Gasteiger partial charge in [0.05, 0.1) is 123 Å². The van der Waals surface area contributed by atoms with Crippen LogP contribution in [-0.2, 0) is 80.4 Å². The maximum absolute atomic E-state index is 13.4. The van der Waals surface area contributed by atoms with Crippen molar-refractivity contribution in [2.45, 2.75) is 63.6 Å². The number of ether oxygens (including phenoxy) is 10. The summed E-state index contributed by atoms with van der Waals surface area (Å²) in [6, 6.07) is 56.4. The molecule has 0 N–H and O–H groups in total. The second-order valence-electron chi connectivity index (χ2n) is 17.8. The van der Waals surface area contributed by atoms with Gasteiger partial charge in [0, 0.05) is 0 Å². The second kappa shape index (κ2) is 32.2. The summed E-state index contributed by atoms with van der Waals surface area (Å²) in [6.07, 6.45) is -0.617. The van der Waals surface area contributed by atoms with Crippen LogP contribution < -0.4 is 0 Å². The van der Waals surface area contributed by atoms with Gasteiger partial charge in [-0.2, -0.15) is 0 Å². The van der Waals surface area contributed by atoms with Crippen molar-refractivity contribution in [2.24, 2.45) is 0 Å². The number of fused-ring (bicyclic) bond motifs is 1. The first kappa shape index (κ1) is 55.5. The molecular weight excluding hydrogens is 939 g/mol. The predicted octanol–water partition coefficient (Wildman–Crippen LogP) is 9.48. The third kappa shape index (κ3) is 19.6. The molecule has 6 aromatic rings. The van der Waals surface area contributed by atoms with Crippen molar-refractivity contribution in [1.29, 1.82) is 0 Å². The van der Waals surface area contributed by atoms with E-state index in [-0.39, 0.29) is 83.9 Å². The largest absolute Gasteiger partial charge is 0.376 e. The number of hydrogen-bond acceptors (Lipinski definition) is 12. The van der Waals surface area contributed by atoms with E-state index >= 15 is 0 Å². The molecule has 0 aromatic heterocycles.